The van der Waals surface area contributed by atoms with Crippen LogP contribution in [0.4, 0.5) is 0 Å². The second kappa shape index (κ2) is 15.1. The van der Waals surface area contributed by atoms with Crippen LogP contribution >= 0.6 is 0 Å². The quantitative estimate of drug-likeness (QED) is 0.127. The van der Waals surface area contributed by atoms with Crippen molar-refractivity contribution in [1.82, 2.24) is 19.5 Å². The van der Waals surface area contributed by atoms with Gasteiger partial charge in [0, 0.05) is 45.0 Å². The zero-order valence-electron chi connectivity index (χ0n) is 35.3. The SMILES string of the molecule is [2H]C([2H])([2H])c1cccc(C([2H])([2H])[2H])c1-c1ccc2c(n1)oc1c(-c3nc4ccccc4n3-c3ccccc3)[c-]ccc12.[CH3][Ge]([CH3])([CH3])[c]1ccc(-c2[c-]cccc2)nc1.[Ir]. The zero-order valence-corrected chi connectivity index (χ0v) is 33.8. The molecule has 4 aromatic heterocycles. The van der Waals surface area contributed by atoms with Crippen LogP contribution in [0.2, 0.25) is 17.3 Å². The largest absolute Gasteiger partial charge is 0 e. The van der Waals surface area contributed by atoms with Gasteiger partial charge in [-0.25, -0.2) is 4.98 Å². The van der Waals surface area contributed by atoms with Crippen molar-refractivity contribution in [3.8, 4) is 39.6 Å². The van der Waals surface area contributed by atoms with Crippen molar-refractivity contribution in [2.75, 3.05) is 0 Å². The number of nitrogens with zero attached hydrogens (tertiary/aromatic N) is 4. The van der Waals surface area contributed by atoms with Crippen molar-refractivity contribution >= 4 is 50.8 Å². The maximum absolute atomic E-state index is 8.06. The van der Waals surface area contributed by atoms with Crippen molar-refractivity contribution in [3.05, 3.63) is 163 Å². The zero-order chi connectivity index (χ0) is 40.8. The van der Waals surface area contributed by atoms with Crippen molar-refractivity contribution < 1.29 is 32.7 Å². The van der Waals surface area contributed by atoms with Crippen molar-refractivity contribution in [2.45, 2.75) is 31.0 Å². The van der Waals surface area contributed by atoms with Crippen LogP contribution in [0.15, 0.2) is 144 Å². The van der Waals surface area contributed by atoms with E-state index in [1.807, 2.05) is 97.2 Å². The van der Waals surface area contributed by atoms with Crippen molar-refractivity contribution in [3.63, 3.8) is 0 Å². The number of pyridine rings is 2. The molecule has 0 aliphatic heterocycles. The van der Waals surface area contributed by atoms with Gasteiger partial charge in [-0.2, -0.15) is 0 Å². The molecular formula is C46H38GeIrN4O-2. The molecule has 0 aliphatic carbocycles. The van der Waals surface area contributed by atoms with Crippen LogP contribution in [-0.4, -0.2) is 32.8 Å². The Bertz CT molecular complexity index is 2870. The number of rotatable bonds is 5. The summed E-state index contributed by atoms with van der Waals surface area (Å²) in [4.78, 5) is 14.2. The van der Waals surface area contributed by atoms with Crippen LogP contribution in [-0.2, 0) is 20.1 Å². The molecule has 0 saturated carbocycles. The maximum Gasteiger partial charge on any atom is 0 e. The van der Waals surface area contributed by atoms with Crippen LogP contribution in [0.1, 0.15) is 19.4 Å². The number of imidazole rings is 1. The molecule has 0 bridgehead atoms. The van der Waals surface area contributed by atoms with Crippen LogP contribution < -0.4 is 4.40 Å². The number of hydrogen-bond donors (Lipinski definition) is 0. The summed E-state index contributed by atoms with van der Waals surface area (Å²) in [5, 5.41) is 1.48. The van der Waals surface area contributed by atoms with Crippen LogP contribution in [0, 0.1) is 25.8 Å². The fourth-order valence-corrected chi connectivity index (χ4v) is 8.51. The molecule has 5 aromatic carbocycles. The third kappa shape index (κ3) is 7.15. The monoisotopic (exact) mass is 935 g/mol. The summed E-state index contributed by atoms with van der Waals surface area (Å²) in [6, 6.07) is 48.0. The molecule has 1 radical (unpaired) electrons. The van der Waals surface area contributed by atoms with Gasteiger partial charge in [0.15, 0.2) is 0 Å². The minimum absolute atomic E-state index is 0. The maximum atomic E-state index is 8.06. The van der Waals surface area contributed by atoms with Gasteiger partial charge in [0.1, 0.15) is 0 Å². The summed E-state index contributed by atoms with van der Waals surface area (Å²) in [5.41, 5.74) is 6.28. The first-order valence-electron chi connectivity index (χ1n) is 20.0. The van der Waals surface area contributed by atoms with E-state index in [2.05, 4.69) is 56.1 Å². The number of aromatic nitrogens is 4. The Hall–Kier alpha value is -5.14. The van der Waals surface area contributed by atoms with Gasteiger partial charge in [0.25, 0.3) is 0 Å². The molecule has 0 fully saturated rings. The number of para-hydroxylation sites is 3. The number of aryl methyl sites for hydroxylation is 2. The molecule has 9 aromatic rings. The summed E-state index contributed by atoms with van der Waals surface area (Å²) >= 11 is -1.72. The Morgan fingerprint density at radius 2 is 1.43 bits per heavy atom. The van der Waals surface area contributed by atoms with Crippen LogP contribution in [0.5, 0.6) is 0 Å². The first kappa shape index (κ1) is 29.3. The minimum atomic E-state index is -2.54. The molecule has 0 unspecified atom stereocenters. The fourth-order valence-electron chi connectivity index (χ4n) is 6.34. The van der Waals surface area contributed by atoms with Gasteiger partial charge in [-0.3, -0.25) is 4.98 Å². The van der Waals surface area contributed by atoms with Gasteiger partial charge in [0.2, 0.25) is 5.71 Å². The van der Waals surface area contributed by atoms with Crippen molar-refractivity contribution in [2.24, 2.45) is 0 Å². The Balaban J connectivity index is 0.000000262. The van der Waals surface area contributed by atoms with E-state index in [-0.39, 0.29) is 48.2 Å². The molecule has 9 rings (SSSR count). The van der Waals surface area contributed by atoms with Crippen molar-refractivity contribution in [1.29, 1.82) is 0 Å². The third-order valence-corrected chi connectivity index (χ3v) is 13.3. The minimum Gasteiger partial charge on any atom is 0 e. The molecule has 4 heterocycles. The molecule has 0 spiro atoms. The molecule has 5 nitrogen and oxygen atoms in total. The van der Waals surface area contributed by atoms with E-state index < -0.39 is 27.0 Å². The molecule has 7 heteroatoms. The average molecular weight is 934 g/mol. The second-order valence-electron chi connectivity index (χ2n) is 13.5. The average Bonchev–Trinajstić information content (AvgIpc) is 3.79. The van der Waals surface area contributed by atoms with Crippen LogP contribution in [0.25, 0.3) is 72.7 Å². The normalized spacial score (nSPS) is 13.5. The molecule has 263 valence electrons. The fraction of sp³-hybridized carbons (Fsp3) is 0.109. The molecule has 0 atom stereocenters. The molecular weight excluding hydrogens is 889 g/mol. The Morgan fingerprint density at radius 1 is 0.679 bits per heavy atom. The summed E-state index contributed by atoms with van der Waals surface area (Å²) < 4.78 is 58.2. The predicted octanol–water partition coefficient (Wildman–Crippen LogP) is 11.2. The number of hydrogen-bond acceptors (Lipinski definition) is 4. The summed E-state index contributed by atoms with van der Waals surface area (Å²) in [7, 11) is 0. The first-order valence-corrected chi connectivity index (χ1v) is 24.4. The predicted molar refractivity (Wildman–Crippen MR) is 217 cm³/mol. The third-order valence-electron chi connectivity index (χ3n) is 9.03. The Morgan fingerprint density at radius 3 is 2.15 bits per heavy atom. The van der Waals surface area contributed by atoms with Gasteiger partial charge >= 0.3 is 99.8 Å². The number of furan rings is 1. The Labute approximate surface area is 334 Å². The smallest absolute Gasteiger partial charge is 0 e. The van der Waals surface area contributed by atoms with Gasteiger partial charge in [-0.15, -0.1) is 18.2 Å². The van der Waals surface area contributed by atoms with E-state index in [0.717, 1.165) is 33.4 Å². The number of fused-ring (bicyclic) bond motifs is 4. The van der Waals surface area contributed by atoms with E-state index >= 15 is 0 Å². The van der Waals surface area contributed by atoms with E-state index in [4.69, 9.17) is 17.6 Å². The summed E-state index contributed by atoms with van der Waals surface area (Å²) in [6.07, 6.45) is 2.04. The van der Waals surface area contributed by atoms with Gasteiger partial charge in [-0.1, -0.05) is 59.5 Å². The molecule has 0 aliphatic rings. The molecule has 0 amide bonds. The second-order valence-corrected chi connectivity index (χ2v) is 24.2. The van der Waals surface area contributed by atoms with E-state index in [1.165, 1.54) is 22.6 Å². The molecule has 53 heavy (non-hydrogen) atoms. The van der Waals surface area contributed by atoms with Gasteiger partial charge < -0.3 is 8.98 Å². The first-order chi connectivity index (χ1) is 27.7. The van der Waals surface area contributed by atoms with E-state index in [9.17, 15) is 0 Å². The van der Waals surface area contributed by atoms with Gasteiger partial charge in [-0.05, 0) is 61.2 Å². The van der Waals surface area contributed by atoms with Crippen LogP contribution in [0.3, 0.4) is 0 Å². The number of benzene rings is 5. The van der Waals surface area contributed by atoms with E-state index in [0.29, 0.717) is 22.4 Å². The standard InChI is InChI=1S/C32H22N3O.C14H16GeN.Ir/c1-20-10-8-11-21(2)29(20)27-19-18-24-23-14-9-15-25(30(23)36-32(24)34-27)31-33-26-16-6-7-17-28(26)35(31)22-12-4-3-5-13-22;1-15(2,3)13-9-10-14(16-11-13)12-7-5-4-6-8-12;/h3-14,16-19H,1-2H3;4-7,9-11H,1-3H3;/q2*-1;/i1D3,2D3;;. The topological polar surface area (TPSA) is 56.7 Å². The van der Waals surface area contributed by atoms with Gasteiger partial charge in [0.05, 0.1) is 28.1 Å². The summed E-state index contributed by atoms with van der Waals surface area (Å²) in [5.74, 6) is 7.78. The molecule has 0 N–H and O–H groups in total. The Kier molecular flexibility index (Phi) is 8.34. The van der Waals surface area contributed by atoms with E-state index in [1.54, 1.807) is 12.1 Å². The molecule has 0 saturated heterocycles. The summed E-state index contributed by atoms with van der Waals surface area (Å²) in [6.45, 7) is -5.08.